The highest BCUT2D eigenvalue weighted by molar-refractivity contribution is 5.95. The molecule has 0 radical (unpaired) electrons. The Morgan fingerprint density at radius 1 is 1.12 bits per heavy atom. The molecule has 1 aliphatic carbocycles. The summed E-state index contributed by atoms with van der Waals surface area (Å²) < 4.78 is 7.89. The fourth-order valence-electron chi connectivity index (χ4n) is 6.06. The van der Waals surface area contributed by atoms with Crippen molar-refractivity contribution in [2.24, 2.45) is 7.05 Å². The molecule has 3 atom stereocenters. The Hall–Kier alpha value is -3.62. The minimum absolute atomic E-state index is 0.0394. The normalized spacial score (nSPS) is 18.5. The van der Waals surface area contributed by atoms with Crippen LogP contribution in [0.15, 0.2) is 65.6 Å². The van der Waals surface area contributed by atoms with Crippen molar-refractivity contribution in [2.45, 2.75) is 89.1 Å². The Labute approximate surface area is 248 Å². The van der Waals surface area contributed by atoms with Gasteiger partial charge in [-0.15, -0.1) is 0 Å². The molecule has 2 aromatic carbocycles. The van der Waals surface area contributed by atoms with E-state index in [2.05, 4.69) is 41.1 Å². The van der Waals surface area contributed by atoms with Gasteiger partial charge in [-0.25, -0.2) is 0 Å². The Balaban J connectivity index is 1.35. The number of nitrogens with zero attached hydrogens (tertiary/aromatic N) is 1. The number of aryl methyl sites for hydroxylation is 2. The van der Waals surface area contributed by atoms with Crippen LogP contribution in [0, 0.1) is 0 Å². The lowest BCUT2D eigenvalue weighted by atomic mass is 9.72. The van der Waals surface area contributed by atoms with Gasteiger partial charge in [0, 0.05) is 43.9 Å². The van der Waals surface area contributed by atoms with Crippen LogP contribution in [0.3, 0.4) is 0 Å². The van der Waals surface area contributed by atoms with E-state index in [-0.39, 0.29) is 29.2 Å². The molecule has 8 nitrogen and oxygen atoms in total. The molecule has 3 aromatic rings. The number of nitrogens with one attached hydrogen (secondary N) is 3. The number of aromatic nitrogens is 1. The van der Waals surface area contributed by atoms with Crippen molar-refractivity contribution in [1.29, 1.82) is 0 Å². The van der Waals surface area contributed by atoms with Crippen molar-refractivity contribution in [1.82, 2.24) is 15.2 Å². The van der Waals surface area contributed by atoms with Gasteiger partial charge in [0.2, 0.25) is 0 Å². The zero-order valence-electron chi connectivity index (χ0n) is 25.2. The fourth-order valence-corrected chi connectivity index (χ4v) is 6.06. The van der Waals surface area contributed by atoms with Crippen LogP contribution in [-0.2, 0) is 19.9 Å². The Morgan fingerprint density at radius 3 is 2.55 bits per heavy atom. The number of carbonyl (C=O) groups excluding carboxylic acids is 1. The summed E-state index contributed by atoms with van der Waals surface area (Å²) in [5, 5.41) is 21.4. The molecule has 1 aromatic heterocycles. The second kappa shape index (κ2) is 12.7. The maximum atomic E-state index is 13.5. The summed E-state index contributed by atoms with van der Waals surface area (Å²) in [6, 6.07) is 17.4. The van der Waals surface area contributed by atoms with E-state index in [1.807, 2.05) is 44.2 Å². The third-order valence-electron chi connectivity index (χ3n) is 8.57. The SMILES string of the molecule is CCc1ccc2c(c1)C(NC[C@@H](O)[C@H](Cc1ccccc1)NC(=O)c1cc(NC(C)C)c(=O)n(C)c1)CC1(CCC1)O2. The lowest BCUT2D eigenvalue weighted by molar-refractivity contribution is -0.0382. The summed E-state index contributed by atoms with van der Waals surface area (Å²) in [6.07, 6.45) is 6.21. The molecule has 5 rings (SSSR count). The van der Waals surface area contributed by atoms with E-state index < -0.39 is 12.1 Å². The summed E-state index contributed by atoms with van der Waals surface area (Å²) in [7, 11) is 1.63. The first-order valence-electron chi connectivity index (χ1n) is 15.2. The molecule has 0 saturated heterocycles. The topological polar surface area (TPSA) is 105 Å². The molecular formula is C34H44N4O4. The molecule has 1 aliphatic heterocycles. The van der Waals surface area contributed by atoms with E-state index >= 15 is 0 Å². The zero-order valence-corrected chi connectivity index (χ0v) is 25.2. The van der Waals surface area contributed by atoms with E-state index in [0.717, 1.165) is 42.6 Å². The van der Waals surface area contributed by atoms with E-state index in [9.17, 15) is 14.7 Å². The second-order valence-corrected chi connectivity index (χ2v) is 12.2. The predicted molar refractivity (Wildman–Crippen MR) is 166 cm³/mol. The van der Waals surface area contributed by atoms with E-state index in [0.29, 0.717) is 24.2 Å². The number of carbonyl (C=O) groups is 1. The number of hydrogen-bond donors (Lipinski definition) is 4. The molecule has 0 bridgehead atoms. The van der Waals surface area contributed by atoms with Crippen LogP contribution in [0.5, 0.6) is 5.75 Å². The number of benzene rings is 2. The van der Waals surface area contributed by atoms with Crippen LogP contribution in [-0.4, -0.2) is 45.9 Å². The monoisotopic (exact) mass is 572 g/mol. The summed E-state index contributed by atoms with van der Waals surface area (Å²) in [6.45, 7) is 6.34. The summed E-state index contributed by atoms with van der Waals surface area (Å²) >= 11 is 0. The highest BCUT2D eigenvalue weighted by Crippen LogP contribution is 2.49. The first-order valence-corrected chi connectivity index (χ1v) is 15.2. The number of anilines is 1. The van der Waals surface area contributed by atoms with Crippen molar-refractivity contribution >= 4 is 11.6 Å². The van der Waals surface area contributed by atoms with E-state index in [4.69, 9.17) is 4.74 Å². The Bertz CT molecular complexity index is 1450. The molecule has 1 fully saturated rings. The Morgan fingerprint density at radius 2 is 1.88 bits per heavy atom. The Kier molecular flexibility index (Phi) is 9.04. The van der Waals surface area contributed by atoms with Crippen LogP contribution in [0.2, 0.25) is 0 Å². The molecule has 4 N–H and O–H groups in total. The molecule has 2 heterocycles. The van der Waals surface area contributed by atoms with Gasteiger partial charge in [0.25, 0.3) is 11.5 Å². The summed E-state index contributed by atoms with van der Waals surface area (Å²) in [5.74, 6) is 0.592. The molecule has 1 spiro atoms. The van der Waals surface area contributed by atoms with Crippen LogP contribution in [0.4, 0.5) is 5.69 Å². The van der Waals surface area contributed by atoms with Crippen molar-refractivity contribution in [3.8, 4) is 5.75 Å². The fraction of sp³-hybridized carbons (Fsp3) is 0.471. The number of pyridine rings is 1. The maximum absolute atomic E-state index is 13.5. The first kappa shape index (κ1) is 29.9. The van der Waals surface area contributed by atoms with Gasteiger partial charge in [0.1, 0.15) is 17.0 Å². The molecule has 8 heteroatoms. The quantitative estimate of drug-likeness (QED) is 0.270. The van der Waals surface area contributed by atoms with E-state index in [1.54, 1.807) is 13.1 Å². The first-order chi connectivity index (χ1) is 20.2. The largest absolute Gasteiger partial charge is 0.487 e. The summed E-state index contributed by atoms with van der Waals surface area (Å²) in [4.78, 5) is 26.1. The highest BCUT2D eigenvalue weighted by Gasteiger charge is 2.45. The number of aliphatic hydroxyl groups is 1. The minimum Gasteiger partial charge on any atom is -0.487 e. The van der Waals surface area contributed by atoms with Crippen LogP contribution in [0.1, 0.15) is 79.5 Å². The molecule has 1 unspecified atom stereocenters. The number of fused-ring (bicyclic) bond motifs is 1. The number of aliphatic hydroxyl groups excluding tert-OH is 1. The van der Waals surface area contributed by atoms with Gasteiger partial charge in [0.05, 0.1) is 17.7 Å². The average molecular weight is 573 g/mol. The highest BCUT2D eigenvalue weighted by atomic mass is 16.5. The smallest absolute Gasteiger partial charge is 0.273 e. The minimum atomic E-state index is -0.854. The molecular weight excluding hydrogens is 528 g/mol. The number of rotatable bonds is 11. The van der Waals surface area contributed by atoms with Crippen LogP contribution >= 0.6 is 0 Å². The van der Waals surface area contributed by atoms with E-state index in [1.165, 1.54) is 22.7 Å². The molecule has 1 saturated carbocycles. The van der Waals surface area contributed by atoms with Crippen molar-refractivity contribution in [3.05, 3.63) is 93.4 Å². The number of hydrogen-bond acceptors (Lipinski definition) is 6. The second-order valence-electron chi connectivity index (χ2n) is 12.2. The predicted octanol–water partition coefficient (Wildman–Crippen LogP) is 4.51. The van der Waals surface area contributed by atoms with Crippen molar-refractivity contribution < 1.29 is 14.6 Å². The van der Waals surface area contributed by atoms with Gasteiger partial charge < -0.3 is 30.4 Å². The average Bonchev–Trinajstić information content (AvgIpc) is 2.96. The lowest BCUT2D eigenvalue weighted by Crippen LogP contribution is -2.52. The molecule has 224 valence electrons. The molecule has 1 amide bonds. The van der Waals surface area contributed by atoms with Gasteiger partial charge >= 0.3 is 0 Å². The van der Waals surface area contributed by atoms with Gasteiger partial charge in [-0.1, -0.05) is 49.4 Å². The molecule has 42 heavy (non-hydrogen) atoms. The lowest BCUT2D eigenvalue weighted by Gasteiger charge is -2.48. The van der Waals surface area contributed by atoms with Gasteiger partial charge in [-0.3, -0.25) is 9.59 Å². The van der Waals surface area contributed by atoms with Gasteiger partial charge in [0.15, 0.2) is 0 Å². The maximum Gasteiger partial charge on any atom is 0.273 e. The third kappa shape index (κ3) is 6.71. The summed E-state index contributed by atoms with van der Waals surface area (Å²) in [5.41, 5.74) is 3.81. The molecule has 2 aliphatic rings. The van der Waals surface area contributed by atoms with Crippen molar-refractivity contribution in [3.63, 3.8) is 0 Å². The third-order valence-corrected chi connectivity index (χ3v) is 8.57. The van der Waals surface area contributed by atoms with Crippen LogP contribution in [0.25, 0.3) is 0 Å². The van der Waals surface area contributed by atoms with Crippen LogP contribution < -0.4 is 26.2 Å². The van der Waals surface area contributed by atoms with Crippen molar-refractivity contribution in [2.75, 3.05) is 11.9 Å². The standard InChI is InChI=1S/C34H44N4O4/c1-5-23-12-13-31-26(16-23)29(19-34(42-31)14-9-15-34)35-20-30(39)27(17-24-10-7-6-8-11-24)37-32(40)25-18-28(36-22(2)3)33(41)38(4)21-25/h6-8,10-13,16,18,21-22,27,29-30,35-36,39H,5,9,14-15,17,19-20H2,1-4H3,(H,37,40)/t27-,29?,30+/m0/s1. The number of amides is 1. The van der Waals surface area contributed by atoms with Gasteiger partial charge in [-0.05, 0) is 69.2 Å². The van der Waals surface area contributed by atoms with Gasteiger partial charge in [-0.2, -0.15) is 0 Å². The number of ether oxygens (including phenoxy) is 1. The zero-order chi connectivity index (χ0) is 29.9.